The Kier molecular flexibility index (Phi) is 3.85. The van der Waals surface area contributed by atoms with E-state index in [9.17, 15) is 0 Å². The molecular formula is C15H20ClNO2. The van der Waals surface area contributed by atoms with Gasteiger partial charge in [-0.25, -0.2) is 0 Å². The maximum atomic E-state index is 6.14. The lowest BCUT2D eigenvalue weighted by atomic mass is 10.1. The predicted octanol–water partition coefficient (Wildman–Crippen LogP) is 3.39. The van der Waals surface area contributed by atoms with E-state index < -0.39 is 0 Å². The van der Waals surface area contributed by atoms with Gasteiger partial charge in [-0.2, -0.15) is 0 Å². The molecule has 104 valence electrons. The predicted molar refractivity (Wildman–Crippen MR) is 76.1 cm³/mol. The van der Waals surface area contributed by atoms with Crippen molar-refractivity contribution in [2.24, 2.45) is 5.92 Å². The summed E-state index contributed by atoms with van der Waals surface area (Å²) in [6.07, 6.45) is 5.11. The molecule has 0 aromatic heterocycles. The average Bonchev–Trinajstić information content (AvgIpc) is 3.27. The number of nitrogens with one attached hydrogen (secondary N) is 1. The Labute approximate surface area is 119 Å². The minimum absolute atomic E-state index is 0.668. The second kappa shape index (κ2) is 5.59. The summed E-state index contributed by atoms with van der Waals surface area (Å²) in [5, 5.41) is 4.20. The first-order valence-electron chi connectivity index (χ1n) is 6.99. The lowest BCUT2D eigenvalue weighted by molar-refractivity contribution is 0.277. The van der Waals surface area contributed by atoms with Gasteiger partial charge in [0.05, 0.1) is 13.7 Å². The minimum atomic E-state index is 0.668. The molecule has 0 spiro atoms. The first kappa shape index (κ1) is 13.1. The summed E-state index contributed by atoms with van der Waals surface area (Å²) in [4.78, 5) is 0. The van der Waals surface area contributed by atoms with Crippen molar-refractivity contribution >= 4 is 11.6 Å². The normalized spacial score (nSPS) is 18.4. The smallest absolute Gasteiger partial charge is 0.165 e. The maximum absolute atomic E-state index is 6.14. The van der Waals surface area contributed by atoms with E-state index in [0.717, 1.165) is 36.1 Å². The fraction of sp³-hybridized carbons (Fsp3) is 0.600. The summed E-state index contributed by atoms with van der Waals surface area (Å²) < 4.78 is 11.4. The summed E-state index contributed by atoms with van der Waals surface area (Å²) in [5.74, 6) is 2.32. The van der Waals surface area contributed by atoms with Crippen molar-refractivity contribution < 1.29 is 9.47 Å². The van der Waals surface area contributed by atoms with Gasteiger partial charge in [-0.3, -0.25) is 0 Å². The summed E-state index contributed by atoms with van der Waals surface area (Å²) in [6, 6.07) is 4.47. The van der Waals surface area contributed by atoms with Crippen LogP contribution in [0.3, 0.4) is 0 Å². The molecular weight excluding hydrogens is 262 g/mol. The van der Waals surface area contributed by atoms with Crippen LogP contribution in [0.4, 0.5) is 0 Å². The molecule has 0 amide bonds. The van der Waals surface area contributed by atoms with Crippen LogP contribution < -0.4 is 14.8 Å². The highest BCUT2D eigenvalue weighted by molar-refractivity contribution is 6.30. The SMILES string of the molecule is COc1cc(Cl)cc(CNC2CC2)c1OCC1CC1. The largest absolute Gasteiger partial charge is 0.493 e. The highest BCUT2D eigenvalue weighted by Gasteiger charge is 2.25. The van der Waals surface area contributed by atoms with Crippen LogP contribution in [0.15, 0.2) is 12.1 Å². The van der Waals surface area contributed by atoms with Crippen molar-refractivity contribution in [1.29, 1.82) is 0 Å². The Morgan fingerprint density at radius 2 is 2.05 bits per heavy atom. The van der Waals surface area contributed by atoms with E-state index in [1.54, 1.807) is 7.11 Å². The molecule has 0 heterocycles. The quantitative estimate of drug-likeness (QED) is 0.831. The van der Waals surface area contributed by atoms with Gasteiger partial charge < -0.3 is 14.8 Å². The van der Waals surface area contributed by atoms with E-state index in [1.807, 2.05) is 12.1 Å². The molecule has 0 aliphatic heterocycles. The number of methoxy groups -OCH3 is 1. The van der Waals surface area contributed by atoms with Crippen LogP contribution in [0.5, 0.6) is 11.5 Å². The zero-order valence-electron chi connectivity index (χ0n) is 11.2. The Hall–Kier alpha value is -0.930. The van der Waals surface area contributed by atoms with Gasteiger partial charge in [0.25, 0.3) is 0 Å². The summed E-state index contributed by atoms with van der Waals surface area (Å²) in [6.45, 7) is 1.58. The number of hydrogen-bond donors (Lipinski definition) is 1. The summed E-state index contributed by atoms with van der Waals surface area (Å²) >= 11 is 6.14. The molecule has 0 bridgehead atoms. The van der Waals surface area contributed by atoms with E-state index in [4.69, 9.17) is 21.1 Å². The van der Waals surface area contributed by atoms with Gasteiger partial charge in [-0.05, 0) is 37.7 Å². The van der Waals surface area contributed by atoms with Crippen LogP contribution in [0, 0.1) is 5.92 Å². The number of halogens is 1. The van der Waals surface area contributed by atoms with Crippen LogP contribution in [0.1, 0.15) is 31.2 Å². The van der Waals surface area contributed by atoms with E-state index in [-0.39, 0.29) is 0 Å². The molecule has 1 aromatic carbocycles. The van der Waals surface area contributed by atoms with Crippen LogP contribution in [-0.4, -0.2) is 19.8 Å². The van der Waals surface area contributed by atoms with Crippen LogP contribution in [-0.2, 0) is 6.54 Å². The number of hydrogen-bond acceptors (Lipinski definition) is 3. The number of rotatable bonds is 7. The van der Waals surface area contributed by atoms with E-state index in [2.05, 4.69) is 5.32 Å². The van der Waals surface area contributed by atoms with Crippen molar-refractivity contribution in [3.8, 4) is 11.5 Å². The molecule has 2 saturated carbocycles. The Balaban J connectivity index is 1.76. The molecule has 2 aliphatic carbocycles. The van der Waals surface area contributed by atoms with Gasteiger partial charge in [0.15, 0.2) is 11.5 Å². The van der Waals surface area contributed by atoms with Crippen molar-refractivity contribution in [3.05, 3.63) is 22.7 Å². The zero-order valence-corrected chi connectivity index (χ0v) is 12.0. The molecule has 2 aliphatic rings. The molecule has 0 atom stereocenters. The Bertz CT molecular complexity index is 456. The molecule has 4 heteroatoms. The second-order valence-corrected chi connectivity index (χ2v) is 5.94. The van der Waals surface area contributed by atoms with Gasteiger partial charge >= 0.3 is 0 Å². The third-order valence-electron chi connectivity index (χ3n) is 3.64. The number of benzene rings is 1. The second-order valence-electron chi connectivity index (χ2n) is 5.51. The van der Waals surface area contributed by atoms with Crippen LogP contribution >= 0.6 is 11.6 Å². The van der Waals surface area contributed by atoms with Gasteiger partial charge in [0, 0.05) is 29.2 Å². The van der Waals surface area contributed by atoms with Gasteiger partial charge in [0.1, 0.15) is 0 Å². The molecule has 3 nitrogen and oxygen atoms in total. The van der Waals surface area contributed by atoms with Gasteiger partial charge in [-0.1, -0.05) is 11.6 Å². The van der Waals surface area contributed by atoms with Crippen LogP contribution in [0.2, 0.25) is 5.02 Å². The zero-order chi connectivity index (χ0) is 13.2. The standard InChI is InChI=1S/C15H20ClNO2/c1-18-14-7-12(16)6-11(8-17-13-4-5-13)15(14)19-9-10-2-3-10/h6-7,10,13,17H,2-5,8-9H2,1H3. The number of ether oxygens (including phenoxy) is 2. The summed E-state index contributed by atoms with van der Waals surface area (Å²) in [5.41, 5.74) is 1.09. The molecule has 2 fully saturated rings. The van der Waals surface area contributed by atoms with E-state index >= 15 is 0 Å². The topological polar surface area (TPSA) is 30.5 Å². The van der Waals surface area contributed by atoms with E-state index in [1.165, 1.54) is 25.7 Å². The first-order chi connectivity index (χ1) is 9.26. The van der Waals surface area contributed by atoms with Crippen LogP contribution in [0.25, 0.3) is 0 Å². The van der Waals surface area contributed by atoms with E-state index in [0.29, 0.717) is 11.1 Å². The fourth-order valence-electron chi connectivity index (χ4n) is 2.10. The molecule has 1 aromatic rings. The highest BCUT2D eigenvalue weighted by Crippen LogP contribution is 2.37. The van der Waals surface area contributed by atoms with Crippen molar-refractivity contribution in [1.82, 2.24) is 5.32 Å². The van der Waals surface area contributed by atoms with Crippen molar-refractivity contribution in [3.63, 3.8) is 0 Å². The van der Waals surface area contributed by atoms with Gasteiger partial charge in [-0.15, -0.1) is 0 Å². The third-order valence-corrected chi connectivity index (χ3v) is 3.85. The maximum Gasteiger partial charge on any atom is 0.165 e. The lowest BCUT2D eigenvalue weighted by Gasteiger charge is -2.16. The first-order valence-corrected chi connectivity index (χ1v) is 7.36. The monoisotopic (exact) mass is 281 g/mol. The lowest BCUT2D eigenvalue weighted by Crippen LogP contribution is -2.16. The Morgan fingerprint density at radius 1 is 1.26 bits per heavy atom. The van der Waals surface area contributed by atoms with Crippen molar-refractivity contribution in [2.45, 2.75) is 38.3 Å². The molecule has 3 rings (SSSR count). The fourth-order valence-corrected chi connectivity index (χ4v) is 2.33. The molecule has 19 heavy (non-hydrogen) atoms. The molecule has 1 N–H and O–H groups in total. The van der Waals surface area contributed by atoms with Crippen molar-refractivity contribution in [2.75, 3.05) is 13.7 Å². The molecule has 0 radical (unpaired) electrons. The third kappa shape index (κ3) is 3.54. The molecule has 0 saturated heterocycles. The Morgan fingerprint density at radius 3 is 2.68 bits per heavy atom. The average molecular weight is 282 g/mol. The molecule has 0 unspecified atom stereocenters. The van der Waals surface area contributed by atoms with Gasteiger partial charge in [0.2, 0.25) is 0 Å². The highest BCUT2D eigenvalue weighted by atomic mass is 35.5. The summed E-state index contributed by atoms with van der Waals surface area (Å²) in [7, 11) is 1.66. The minimum Gasteiger partial charge on any atom is -0.493 e.